The van der Waals surface area contributed by atoms with E-state index < -0.39 is 0 Å². The molecule has 0 fully saturated rings. The average molecular weight is 202 g/mol. The van der Waals surface area contributed by atoms with E-state index in [0.29, 0.717) is 6.54 Å². The monoisotopic (exact) mass is 202 g/mol. The lowest BCUT2D eigenvalue weighted by Crippen LogP contribution is -1.99. The number of benzene rings is 1. The van der Waals surface area contributed by atoms with Gasteiger partial charge in [0.25, 0.3) is 0 Å². The number of hydrogen-bond donors (Lipinski definition) is 1. The number of rotatable bonds is 3. The molecule has 0 atom stereocenters. The van der Waals surface area contributed by atoms with Gasteiger partial charge in [-0.3, -0.25) is 4.68 Å². The van der Waals surface area contributed by atoms with Crippen LogP contribution < -0.4 is 5.32 Å². The molecule has 0 bridgehead atoms. The molecule has 0 aliphatic carbocycles. The molecule has 0 aliphatic rings. The maximum absolute atomic E-state index is 4.00. The molecule has 4 nitrogen and oxygen atoms in total. The Morgan fingerprint density at radius 1 is 1.27 bits per heavy atom. The summed E-state index contributed by atoms with van der Waals surface area (Å²) in [6.07, 6.45) is 1.90. The highest BCUT2D eigenvalue weighted by Gasteiger charge is 1.97. The normalized spacial score (nSPS) is 10.3. The topological polar surface area (TPSA) is 42.7 Å². The van der Waals surface area contributed by atoms with E-state index in [9.17, 15) is 0 Å². The third-order valence-corrected chi connectivity index (χ3v) is 2.18. The molecule has 0 unspecified atom stereocenters. The van der Waals surface area contributed by atoms with Crippen LogP contribution in [0.4, 0.5) is 5.69 Å². The zero-order valence-electron chi connectivity index (χ0n) is 8.94. The summed E-state index contributed by atoms with van der Waals surface area (Å²) in [5.41, 5.74) is 3.31. The number of nitrogens with zero attached hydrogens (tertiary/aromatic N) is 3. The van der Waals surface area contributed by atoms with Gasteiger partial charge in [0.15, 0.2) is 0 Å². The summed E-state index contributed by atoms with van der Waals surface area (Å²) in [5, 5.41) is 11.2. The Hall–Kier alpha value is -1.84. The summed E-state index contributed by atoms with van der Waals surface area (Å²) >= 11 is 0. The highest BCUT2D eigenvalue weighted by atomic mass is 15.4. The van der Waals surface area contributed by atoms with Crippen LogP contribution in [0.1, 0.15) is 11.3 Å². The minimum absolute atomic E-state index is 0.705. The molecular weight excluding hydrogens is 188 g/mol. The molecule has 2 rings (SSSR count). The Bertz CT molecular complexity index is 430. The van der Waals surface area contributed by atoms with Gasteiger partial charge in [-0.05, 0) is 19.1 Å². The standard InChI is InChI=1S/C11H14N4/c1-9-3-5-10(6-4-9)12-7-11-8-15(2)14-13-11/h3-6,8,12H,7H2,1-2H3. The molecule has 0 aliphatic heterocycles. The summed E-state index contributed by atoms with van der Waals surface area (Å²) < 4.78 is 1.70. The molecule has 0 radical (unpaired) electrons. The number of anilines is 1. The summed E-state index contributed by atoms with van der Waals surface area (Å²) in [6.45, 7) is 2.78. The van der Waals surface area contributed by atoms with Gasteiger partial charge in [-0.2, -0.15) is 0 Å². The maximum atomic E-state index is 4.00. The zero-order valence-corrected chi connectivity index (χ0v) is 8.94. The van der Waals surface area contributed by atoms with Crippen LogP contribution in [0.3, 0.4) is 0 Å². The van der Waals surface area contributed by atoms with Crippen LogP contribution in [0.25, 0.3) is 0 Å². The lowest BCUT2D eigenvalue weighted by atomic mass is 10.2. The van der Waals surface area contributed by atoms with Gasteiger partial charge >= 0.3 is 0 Å². The van der Waals surface area contributed by atoms with Crippen LogP contribution in [0.15, 0.2) is 30.5 Å². The molecule has 0 spiro atoms. The molecule has 1 aromatic carbocycles. The quantitative estimate of drug-likeness (QED) is 0.824. The first-order chi connectivity index (χ1) is 7.24. The van der Waals surface area contributed by atoms with E-state index in [1.807, 2.05) is 13.2 Å². The smallest absolute Gasteiger partial charge is 0.102 e. The molecule has 1 heterocycles. The molecule has 0 amide bonds. The third-order valence-electron chi connectivity index (χ3n) is 2.18. The van der Waals surface area contributed by atoms with E-state index in [2.05, 4.69) is 46.8 Å². The Labute approximate surface area is 88.9 Å². The van der Waals surface area contributed by atoms with E-state index in [4.69, 9.17) is 0 Å². The van der Waals surface area contributed by atoms with E-state index in [0.717, 1.165) is 11.4 Å². The van der Waals surface area contributed by atoms with Gasteiger partial charge in [0.2, 0.25) is 0 Å². The molecule has 2 aromatic rings. The fourth-order valence-corrected chi connectivity index (χ4v) is 1.34. The lowest BCUT2D eigenvalue weighted by molar-refractivity contribution is 0.713. The first kappa shape index (κ1) is 9.71. The summed E-state index contributed by atoms with van der Waals surface area (Å²) in [7, 11) is 1.86. The van der Waals surface area contributed by atoms with Crippen LogP contribution in [0.5, 0.6) is 0 Å². The Morgan fingerprint density at radius 2 is 2.00 bits per heavy atom. The summed E-state index contributed by atoms with van der Waals surface area (Å²) in [4.78, 5) is 0. The number of aryl methyl sites for hydroxylation is 2. The Kier molecular flexibility index (Phi) is 2.67. The summed E-state index contributed by atoms with van der Waals surface area (Å²) in [6, 6.07) is 8.29. The van der Waals surface area contributed by atoms with Crippen molar-refractivity contribution in [1.82, 2.24) is 15.0 Å². The van der Waals surface area contributed by atoms with Gasteiger partial charge in [0, 0.05) is 18.9 Å². The van der Waals surface area contributed by atoms with Crippen LogP contribution in [0, 0.1) is 6.92 Å². The molecular formula is C11H14N4. The second-order valence-electron chi connectivity index (χ2n) is 3.60. The lowest BCUT2D eigenvalue weighted by Gasteiger charge is -2.03. The average Bonchev–Trinajstić information content (AvgIpc) is 2.64. The van der Waals surface area contributed by atoms with Crippen molar-refractivity contribution in [3.63, 3.8) is 0 Å². The first-order valence-electron chi connectivity index (χ1n) is 4.90. The first-order valence-corrected chi connectivity index (χ1v) is 4.90. The number of nitrogens with one attached hydrogen (secondary N) is 1. The van der Waals surface area contributed by atoms with Gasteiger partial charge in [-0.15, -0.1) is 5.10 Å². The van der Waals surface area contributed by atoms with Crippen molar-refractivity contribution in [2.24, 2.45) is 7.05 Å². The van der Waals surface area contributed by atoms with Crippen molar-refractivity contribution in [2.75, 3.05) is 5.32 Å². The zero-order chi connectivity index (χ0) is 10.7. The van der Waals surface area contributed by atoms with Gasteiger partial charge < -0.3 is 5.32 Å². The molecule has 4 heteroatoms. The number of aromatic nitrogens is 3. The van der Waals surface area contributed by atoms with Crippen molar-refractivity contribution in [3.8, 4) is 0 Å². The van der Waals surface area contributed by atoms with Crippen LogP contribution in [-0.2, 0) is 13.6 Å². The highest BCUT2D eigenvalue weighted by Crippen LogP contribution is 2.09. The van der Waals surface area contributed by atoms with E-state index in [1.165, 1.54) is 5.56 Å². The Balaban J connectivity index is 1.96. The van der Waals surface area contributed by atoms with Gasteiger partial charge in [-0.1, -0.05) is 22.9 Å². The maximum Gasteiger partial charge on any atom is 0.102 e. The minimum atomic E-state index is 0.705. The van der Waals surface area contributed by atoms with Crippen LogP contribution in [-0.4, -0.2) is 15.0 Å². The van der Waals surface area contributed by atoms with Crippen molar-refractivity contribution >= 4 is 5.69 Å². The second kappa shape index (κ2) is 4.13. The molecule has 0 saturated carbocycles. The molecule has 0 saturated heterocycles. The van der Waals surface area contributed by atoms with Gasteiger partial charge in [-0.25, -0.2) is 0 Å². The van der Waals surface area contributed by atoms with E-state index >= 15 is 0 Å². The van der Waals surface area contributed by atoms with Gasteiger partial charge in [0.1, 0.15) is 5.69 Å². The van der Waals surface area contributed by atoms with E-state index in [-0.39, 0.29) is 0 Å². The molecule has 1 N–H and O–H groups in total. The minimum Gasteiger partial charge on any atom is -0.379 e. The third kappa shape index (κ3) is 2.56. The van der Waals surface area contributed by atoms with Gasteiger partial charge in [0.05, 0.1) is 6.54 Å². The van der Waals surface area contributed by atoms with Crippen molar-refractivity contribution in [3.05, 3.63) is 41.7 Å². The van der Waals surface area contributed by atoms with Crippen LogP contribution >= 0.6 is 0 Å². The predicted molar refractivity (Wildman–Crippen MR) is 59.5 cm³/mol. The van der Waals surface area contributed by atoms with Crippen molar-refractivity contribution < 1.29 is 0 Å². The van der Waals surface area contributed by atoms with Crippen LogP contribution in [0.2, 0.25) is 0 Å². The van der Waals surface area contributed by atoms with Crippen molar-refractivity contribution in [2.45, 2.75) is 13.5 Å². The molecule has 78 valence electrons. The fraction of sp³-hybridized carbons (Fsp3) is 0.273. The second-order valence-corrected chi connectivity index (χ2v) is 3.60. The van der Waals surface area contributed by atoms with E-state index in [1.54, 1.807) is 4.68 Å². The SMILES string of the molecule is Cc1ccc(NCc2cn(C)nn2)cc1. The highest BCUT2D eigenvalue weighted by molar-refractivity contribution is 5.44. The predicted octanol–water partition coefficient (Wildman–Crippen LogP) is 1.74. The Morgan fingerprint density at radius 3 is 2.60 bits per heavy atom. The fourth-order valence-electron chi connectivity index (χ4n) is 1.34. The molecule has 1 aromatic heterocycles. The summed E-state index contributed by atoms with van der Waals surface area (Å²) in [5.74, 6) is 0. The largest absolute Gasteiger partial charge is 0.379 e. The van der Waals surface area contributed by atoms with Crippen molar-refractivity contribution in [1.29, 1.82) is 0 Å². The number of hydrogen-bond acceptors (Lipinski definition) is 3. The molecule has 15 heavy (non-hydrogen) atoms.